The maximum atomic E-state index is 11.8. The van der Waals surface area contributed by atoms with Crippen LogP contribution in [0.3, 0.4) is 0 Å². The van der Waals surface area contributed by atoms with E-state index in [9.17, 15) is 9.59 Å². The van der Waals surface area contributed by atoms with Gasteiger partial charge in [-0.25, -0.2) is 0 Å². The van der Waals surface area contributed by atoms with Gasteiger partial charge in [-0.3, -0.25) is 9.59 Å². The molecule has 0 unspecified atom stereocenters. The average Bonchev–Trinajstić information content (AvgIpc) is 2.46. The summed E-state index contributed by atoms with van der Waals surface area (Å²) in [7, 11) is 0. The second kappa shape index (κ2) is 6.38. The SMILES string of the molecule is NC(=O)c1ccccc1NCC(=O)Nc1ccccc1. The van der Waals surface area contributed by atoms with Crippen LogP contribution in [0.2, 0.25) is 0 Å². The molecule has 0 bridgehead atoms. The van der Waals surface area contributed by atoms with Crippen molar-refractivity contribution in [1.29, 1.82) is 0 Å². The average molecular weight is 269 g/mol. The van der Waals surface area contributed by atoms with E-state index in [4.69, 9.17) is 5.73 Å². The lowest BCUT2D eigenvalue weighted by Crippen LogP contribution is -2.23. The quantitative estimate of drug-likeness (QED) is 0.774. The molecule has 0 radical (unpaired) electrons. The van der Waals surface area contributed by atoms with Crippen molar-refractivity contribution in [2.45, 2.75) is 0 Å². The standard InChI is InChI=1S/C15H15N3O2/c16-15(20)12-8-4-5-9-13(12)17-10-14(19)18-11-6-2-1-3-7-11/h1-9,17H,10H2,(H2,16,20)(H,18,19). The summed E-state index contributed by atoms with van der Waals surface area (Å²) in [6.45, 7) is 0.0547. The van der Waals surface area contributed by atoms with Crippen LogP contribution in [0.5, 0.6) is 0 Å². The molecule has 0 aliphatic carbocycles. The van der Waals surface area contributed by atoms with Crippen LogP contribution in [-0.4, -0.2) is 18.4 Å². The molecular weight excluding hydrogens is 254 g/mol. The van der Waals surface area contributed by atoms with Gasteiger partial charge in [0.15, 0.2) is 0 Å². The van der Waals surface area contributed by atoms with Crippen molar-refractivity contribution < 1.29 is 9.59 Å². The Morgan fingerprint density at radius 3 is 2.30 bits per heavy atom. The number of para-hydroxylation sites is 2. The first kappa shape index (κ1) is 13.6. The van der Waals surface area contributed by atoms with Gasteiger partial charge in [0.2, 0.25) is 5.91 Å². The molecule has 5 heteroatoms. The molecule has 5 nitrogen and oxygen atoms in total. The number of benzene rings is 2. The van der Waals surface area contributed by atoms with E-state index in [-0.39, 0.29) is 12.5 Å². The molecular formula is C15H15N3O2. The maximum Gasteiger partial charge on any atom is 0.250 e. The Morgan fingerprint density at radius 2 is 1.60 bits per heavy atom. The van der Waals surface area contributed by atoms with Crippen molar-refractivity contribution in [2.75, 3.05) is 17.2 Å². The Bertz CT molecular complexity index is 612. The third kappa shape index (κ3) is 3.58. The first-order valence-electron chi connectivity index (χ1n) is 6.14. The zero-order chi connectivity index (χ0) is 14.4. The van der Waals surface area contributed by atoms with Crippen LogP contribution in [0.25, 0.3) is 0 Å². The summed E-state index contributed by atoms with van der Waals surface area (Å²) in [5.41, 5.74) is 6.90. The highest BCUT2D eigenvalue weighted by Crippen LogP contribution is 2.13. The number of carbonyl (C=O) groups excluding carboxylic acids is 2. The molecule has 2 amide bonds. The number of hydrogen-bond acceptors (Lipinski definition) is 3. The van der Waals surface area contributed by atoms with Crippen LogP contribution >= 0.6 is 0 Å². The summed E-state index contributed by atoms with van der Waals surface area (Å²) in [5.74, 6) is -0.730. The van der Waals surface area contributed by atoms with Gasteiger partial charge in [0.1, 0.15) is 0 Å². The zero-order valence-corrected chi connectivity index (χ0v) is 10.8. The molecule has 2 aromatic carbocycles. The zero-order valence-electron chi connectivity index (χ0n) is 10.8. The molecule has 0 aliphatic rings. The fourth-order valence-electron chi connectivity index (χ4n) is 1.75. The largest absolute Gasteiger partial charge is 0.376 e. The van der Waals surface area contributed by atoms with Gasteiger partial charge in [-0.1, -0.05) is 30.3 Å². The Morgan fingerprint density at radius 1 is 0.950 bits per heavy atom. The number of anilines is 2. The topological polar surface area (TPSA) is 84.2 Å². The normalized spacial score (nSPS) is 9.80. The third-order valence-electron chi connectivity index (χ3n) is 2.69. The number of carbonyl (C=O) groups is 2. The van der Waals surface area contributed by atoms with Crippen molar-refractivity contribution in [1.82, 2.24) is 0 Å². The van der Waals surface area contributed by atoms with E-state index < -0.39 is 5.91 Å². The van der Waals surface area contributed by atoms with E-state index in [0.717, 1.165) is 5.69 Å². The van der Waals surface area contributed by atoms with Gasteiger partial charge in [0.05, 0.1) is 12.1 Å². The molecule has 102 valence electrons. The number of nitrogens with two attached hydrogens (primary N) is 1. The highest BCUT2D eigenvalue weighted by molar-refractivity contribution is 6.00. The first-order chi connectivity index (χ1) is 9.66. The number of rotatable bonds is 5. The lowest BCUT2D eigenvalue weighted by atomic mass is 10.1. The molecule has 2 aromatic rings. The van der Waals surface area contributed by atoms with Crippen molar-refractivity contribution >= 4 is 23.2 Å². The number of amides is 2. The summed E-state index contributed by atoms with van der Waals surface area (Å²) < 4.78 is 0. The lowest BCUT2D eigenvalue weighted by molar-refractivity contribution is -0.114. The van der Waals surface area contributed by atoms with Gasteiger partial charge in [0, 0.05) is 11.4 Å². The predicted molar refractivity (Wildman–Crippen MR) is 78.5 cm³/mol. The number of nitrogens with one attached hydrogen (secondary N) is 2. The summed E-state index contributed by atoms with van der Waals surface area (Å²) in [5, 5.41) is 5.64. The van der Waals surface area contributed by atoms with Gasteiger partial charge in [-0.15, -0.1) is 0 Å². The molecule has 0 atom stereocenters. The van der Waals surface area contributed by atoms with E-state index in [1.165, 1.54) is 0 Å². The van der Waals surface area contributed by atoms with Crippen LogP contribution in [0.1, 0.15) is 10.4 Å². The fourth-order valence-corrected chi connectivity index (χ4v) is 1.75. The minimum atomic E-state index is -0.531. The Hall–Kier alpha value is -2.82. The molecule has 4 N–H and O–H groups in total. The molecule has 0 saturated heterocycles. The molecule has 0 saturated carbocycles. The van der Waals surface area contributed by atoms with Gasteiger partial charge in [-0.2, -0.15) is 0 Å². The number of hydrogen-bond donors (Lipinski definition) is 3. The molecule has 0 aliphatic heterocycles. The predicted octanol–water partition coefficient (Wildman–Crippen LogP) is 1.84. The smallest absolute Gasteiger partial charge is 0.250 e. The Balaban J connectivity index is 1.96. The van der Waals surface area contributed by atoms with Gasteiger partial charge >= 0.3 is 0 Å². The van der Waals surface area contributed by atoms with E-state index in [1.807, 2.05) is 18.2 Å². The van der Waals surface area contributed by atoms with Crippen LogP contribution in [0.15, 0.2) is 54.6 Å². The molecule has 0 spiro atoms. The minimum absolute atomic E-state index is 0.0547. The first-order valence-corrected chi connectivity index (χ1v) is 6.14. The summed E-state index contributed by atoms with van der Waals surface area (Å²) in [6.07, 6.45) is 0. The van der Waals surface area contributed by atoms with E-state index in [0.29, 0.717) is 11.3 Å². The van der Waals surface area contributed by atoms with Crippen LogP contribution < -0.4 is 16.4 Å². The summed E-state index contributed by atoms with van der Waals surface area (Å²) in [4.78, 5) is 23.0. The Kier molecular flexibility index (Phi) is 4.34. The van der Waals surface area contributed by atoms with Crippen LogP contribution in [0, 0.1) is 0 Å². The second-order valence-electron chi connectivity index (χ2n) is 4.18. The van der Waals surface area contributed by atoms with E-state index in [1.54, 1.807) is 36.4 Å². The van der Waals surface area contributed by atoms with Crippen molar-refractivity contribution in [3.05, 3.63) is 60.2 Å². The van der Waals surface area contributed by atoms with Gasteiger partial charge in [0.25, 0.3) is 5.91 Å². The fraction of sp³-hybridized carbons (Fsp3) is 0.0667. The van der Waals surface area contributed by atoms with E-state index >= 15 is 0 Å². The highest BCUT2D eigenvalue weighted by atomic mass is 16.2. The molecule has 0 fully saturated rings. The van der Waals surface area contributed by atoms with Crippen molar-refractivity contribution in [3.63, 3.8) is 0 Å². The number of primary amides is 1. The van der Waals surface area contributed by atoms with Crippen LogP contribution in [0.4, 0.5) is 11.4 Å². The monoisotopic (exact) mass is 269 g/mol. The maximum absolute atomic E-state index is 11.8. The molecule has 20 heavy (non-hydrogen) atoms. The summed E-state index contributed by atoms with van der Waals surface area (Å²) in [6, 6.07) is 16.0. The van der Waals surface area contributed by atoms with Crippen molar-refractivity contribution in [3.8, 4) is 0 Å². The lowest BCUT2D eigenvalue weighted by Gasteiger charge is -2.10. The minimum Gasteiger partial charge on any atom is -0.376 e. The molecule has 0 aromatic heterocycles. The van der Waals surface area contributed by atoms with Gasteiger partial charge in [-0.05, 0) is 24.3 Å². The highest BCUT2D eigenvalue weighted by Gasteiger charge is 2.08. The van der Waals surface area contributed by atoms with Crippen molar-refractivity contribution in [2.24, 2.45) is 5.73 Å². The van der Waals surface area contributed by atoms with Crippen LogP contribution in [-0.2, 0) is 4.79 Å². The van der Waals surface area contributed by atoms with E-state index in [2.05, 4.69) is 10.6 Å². The Labute approximate surface area is 116 Å². The second-order valence-corrected chi connectivity index (χ2v) is 4.18. The molecule has 2 rings (SSSR count). The van der Waals surface area contributed by atoms with Gasteiger partial charge < -0.3 is 16.4 Å². The summed E-state index contributed by atoms with van der Waals surface area (Å²) >= 11 is 0. The molecule has 0 heterocycles. The third-order valence-corrected chi connectivity index (χ3v) is 2.69.